The van der Waals surface area contributed by atoms with Gasteiger partial charge in [0.2, 0.25) is 0 Å². The van der Waals surface area contributed by atoms with Crippen LogP contribution in [0.2, 0.25) is 0 Å². The van der Waals surface area contributed by atoms with E-state index in [4.69, 9.17) is 0 Å². The third kappa shape index (κ3) is 1.65. The molecule has 0 bridgehead atoms. The van der Waals surface area contributed by atoms with Crippen molar-refractivity contribution in [2.24, 2.45) is 0 Å². The SMILES string of the molecule is Cc1c(O)cc2c(c1CO)C(C)(CO)CC2(C)C. The third-order valence-electron chi connectivity index (χ3n) is 4.36. The molecule has 3 heteroatoms. The van der Waals surface area contributed by atoms with Gasteiger partial charge in [0, 0.05) is 5.41 Å². The number of aliphatic hydroxyl groups excluding tert-OH is 2. The number of hydrogen-bond acceptors (Lipinski definition) is 3. The molecule has 0 saturated heterocycles. The first-order chi connectivity index (χ1) is 8.27. The highest BCUT2D eigenvalue weighted by molar-refractivity contribution is 5.57. The molecule has 3 N–H and O–H groups in total. The summed E-state index contributed by atoms with van der Waals surface area (Å²) in [5.41, 5.74) is 3.12. The first-order valence-electron chi connectivity index (χ1n) is 6.35. The Morgan fingerprint density at radius 1 is 1.22 bits per heavy atom. The molecule has 2 rings (SSSR count). The molecule has 18 heavy (non-hydrogen) atoms. The first kappa shape index (κ1) is 13.4. The van der Waals surface area contributed by atoms with Gasteiger partial charge in [0.05, 0.1) is 13.2 Å². The molecule has 1 aromatic rings. The van der Waals surface area contributed by atoms with E-state index in [1.807, 2.05) is 13.8 Å². The number of aliphatic hydroxyl groups is 2. The molecule has 0 fully saturated rings. The maximum absolute atomic E-state index is 10.00. The Balaban J connectivity index is 2.82. The van der Waals surface area contributed by atoms with Crippen molar-refractivity contribution >= 4 is 0 Å². The van der Waals surface area contributed by atoms with Crippen molar-refractivity contribution in [1.29, 1.82) is 0 Å². The summed E-state index contributed by atoms with van der Waals surface area (Å²) in [5, 5.41) is 29.3. The first-order valence-corrected chi connectivity index (χ1v) is 6.35. The van der Waals surface area contributed by atoms with E-state index >= 15 is 0 Å². The number of rotatable bonds is 2. The molecule has 1 atom stereocenters. The molecule has 0 aliphatic heterocycles. The molecule has 1 aliphatic carbocycles. The third-order valence-corrected chi connectivity index (χ3v) is 4.36. The summed E-state index contributed by atoms with van der Waals surface area (Å²) in [5.74, 6) is 0.230. The van der Waals surface area contributed by atoms with Crippen LogP contribution in [0.1, 0.15) is 49.4 Å². The predicted molar refractivity (Wildman–Crippen MR) is 70.8 cm³/mol. The van der Waals surface area contributed by atoms with E-state index in [0.717, 1.165) is 23.1 Å². The lowest BCUT2D eigenvalue weighted by molar-refractivity contribution is 0.188. The van der Waals surface area contributed by atoms with Crippen molar-refractivity contribution in [2.75, 3.05) is 6.61 Å². The summed E-state index contributed by atoms with van der Waals surface area (Å²) in [6, 6.07) is 1.80. The standard InChI is InChI=1S/C15H22O3/c1-9-10(6-16)13-11(5-12(9)18)14(2,3)7-15(13,4)8-17/h5,16-18H,6-8H2,1-4H3. The lowest BCUT2D eigenvalue weighted by Gasteiger charge is -2.26. The Morgan fingerprint density at radius 2 is 1.83 bits per heavy atom. The fourth-order valence-electron chi connectivity index (χ4n) is 3.54. The Kier molecular flexibility index (Phi) is 2.95. The van der Waals surface area contributed by atoms with Gasteiger partial charge in [-0.15, -0.1) is 0 Å². The molecule has 1 unspecified atom stereocenters. The number of fused-ring (bicyclic) bond motifs is 1. The monoisotopic (exact) mass is 250 g/mol. The van der Waals surface area contributed by atoms with E-state index in [9.17, 15) is 15.3 Å². The fraction of sp³-hybridized carbons (Fsp3) is 0.600. The van der Waals surface area contributed by atoms with Crippen LogP contribution in [0.3, 0.4) is 0 Å². The van der Waals surface area contributed by atoms with Gasteiger partial charge in [-0.05, 0) is 47.1 Å². The zero-order valence-corrected chi connectivity index (χ0v) is 11.5. The van der Waals surface area contributed by atoms with Crippen LogP contribution in [0.5, 0.6) is 5.75 Å². The van der Waals surface area contributed by atoms with Gasteiger partial charge in [0.1, 0.15) is 5.75 Å². The van der Waals surface area contributed by atoms with Gasteiger partial charge in [-0.1, -0.05) is 20.8 Å². The Hall–Kier alpha value is -1.06. The lowest BCUT2D eigenvalue weighted by Crippen LogP contribution is -2.27. The highest BCUT2D eigenvalue weighted by Gasteiger charge is 2.46. The van der Waals surface area contributed by atoms with E-state index in [2.05, 4.69) is 13.8 Å². The zero-order chi connectivity index (χ0) is 13.7. The molecular formula is C15H22O3. The molecule has 0 spiro atoms. The Morgan fingerprint density at radius 3 is 2.33 bits per heavy atom. The van der Waals surface area contributed by atoms with E-state index in [-0.39, 0.29) is 29.8 Å². The van der Waals surface area contributed by atoms with Crippen molar-refractivity contribution in [3.8, 4) is 5.75 Å². The molecule has 0 aromatic heterocycles. The van der Waals surface area contributed by atoms with Crippen LogP contribution in [0.15, 0.2) is 6.07 Å². The number of hydrogen-bond donors (Lipinski definition) is 3. The van der Waals surface area contributed by atoms with E-state index in [0.29, 0.717) is 5.56 Å². The maximum Gasteiger partial charge on any atom is 0.119 e. The largest absolute Gasteiger partial charge is 0.508 e. The Labute approximate surface area is 108 Å². The van der Waals surface area contributed by atoms with Gasteiger partial charge in [-0.25, -0.2) is 0 Å². The zero-order valence-electron chi connectivity index (χ0n) is 11.5. The average molecular weight is 250 g/mol. The normalized spacial score (nSPS) is 25.2. The summed E-state index contributed by atoms with van der Waals surface area (Å²) in [7, 11) is 0. The van der Waals surface area contributed by atoms with E-state index in [1.54, 1.807) is 6.07 Å². The highest BCUT2D eigenvalue weighted by Crippen LogP contribution is 2.52. The Bertz CT molecular complexity index is 491. The van der Waals surface area contributed by atoms with Crippen molar-refractivity contribution < 1.29 is 15.3 Å². The van der Waals surface area contributed by atoms with Crippen LogP contribution in [0, 0.1) is 6.92 Å². The molecule has 0 amide bonds. The van der Waals surface area contributed by atoms with Crippen LogP contribution in [0.25, 0.3) is 0 Å². The van der Waals surface area contributed by atoms with E-state index in [1.165, 1.54) is 0 Å². The molecular weight excluding hydrogens is 228 g/mol. The molecule has 1 aliphatic rings. The van der Waals surface area contributed by atoms with Gasteiger partial charge < -0.3 is 15.3 Å². The lowest BCUT2D eigenvalue weighted by atomic mass is 9.80. The minimum atomic E-state index is -0.338. The van der Waals surface area contributed by atoms with Crippen LogP contribution >= 0.6 is 0 Å². The quantitative estimate of drug-likeness (QED) is 0.753. The molecule has 3 nitrogen and oxygen atoms in total. The molecule has 1 aromatic carbocycles. The molecule has 0 radical (unpaired) electrons. The van der Waals surface area contributed by atoms with Crippen LogP contribution in [-0.4, -0.2) is 21.9 Å². The van der Waals surface area contributed by atoms with Crippen LogP contribution in [0.4, 0.5) is 0 Å². The number of phenols is 1. The minimum absolute atomic E-state index is 0.0562. The van der Waals surface area contributed by atoms with Crippen LogP contribution < -0.4 is 0 Å². The molecule has 100 valence electrons. The highest BCUT2D eigenvalue weighted by atomic mass is 16.3. The second kappa shape index (κ2) is 3.97. The fourth-order valence-corrected chi connectivity index (χ4v) is 3.54. The average Bonchev–Trinajstić information content (AvgIpc) is 2.49. The van der Waals surface area contributed by atoms with Crippen molar-refractivity contribution in [1.82, 2.24) is 0 Å². The van der Waals surface area contributed by atoms with Gasteiger partial charge in [-0.3, -0.25) is 0 Å². The van der Waals surface area contributed by atoms with Crippen molar-refractivity contribution in [2.45, 2.75) is 51.6 Å². The molecule has 0 saturated carbocycles. The predicted octanol–water partition coefficient (Wildman–Crippen LogP) is 2.12. The topological polar surface area (TPSA) is 60.7 Å². The summed E-state index contributed by atoms with van der Waals surface area (Å²) in [6.07, 6.45) is 0.821. The van der Waals surface area contributed by atoms with Gasteiger partial charge in [-0.2, -0.15) is 0 Å². The number of phenolic OH excluding ortho intramolecular Hbond substituents is 1. The van der Waals surface area contributed by atoms with Gasteiger partial charge >= 0.3 is 0 Å². The number of aromatic hydroxyl groups is 1. The number of benzene rings is 1. The van der Waals surface area contributed by atoms with Crippen molar-refractivity contribution in [3.05, 3.63) is 28.3 Å². The van der Waals surface area contributed by atoms with Gasteiger partial charge in [0.25, 0.3) is 0 Å². The van der Waals surface area contributed by atoms with Crippen molar-refractivity contribution in [3.63, 3.8) is 0 Å². The maximum atomic E-state index is 10.00. The summed E-state index contributed by atoms with van der Waals surface area (Å²) < 4.78 is 0. The summed E-state index contributed by atoms with van der Waals surface area (Å²) in [6.45, 7) is 8.01. The second-order valence-electron chi connectivity index (χ2n) is 6.36. The van der Waals surface area contributed by atoms with Gasteiger partial charge in [0.15, 0.2) is 0 Å². The summed E-state index contributed by atoms with van der Waals surface area (Å²) in [4.78, 5) is 0. The van der Waals surface area contributed by atoms with Crippen LogP contribution in [-0.2, 0) is 17.4 Å². The summed E-state index contributed by atoms with van der Waals surface area (Å²) >= 11 is 0. The minimum Gasteiger partial charge on any atom is -0.508 e. The second-order valence-corrected chi connectivity index (χ2v) is 6.36. The molecule has 0 heterocycles. The van der Waals surface area contributed by atoms with E-state index < -0.39 is 0 Å². The smallest absolute Gasteiger partial charge is 0.119 e.